The van der Waals surface area contributed by atoms with Crippen molar-refractivity contribution in [2.45, 2.75) is 33.1 Å². The van der Waals surface area contributed by atoms with E-state index in [1.54, 1.807) is 18.3 Å². The Morgan fingerprint density at radius 2 is 1.96 bits per heavy atom. The number of hydrogen-bond donors (Lipinski definition) is 1. The number of amides is 1. The second-order valence-corrected chi connectivity index (χ2v) is 5.46. The average Bonchev–Trinajstić information content (AvgIpc) is 2.64. The fourth-order valence-electron chi connectivity index (χ4n) is 2.10. The maximum Gasteiger partial charge on any atom is 0.272 e. The van der Waals surface area contributed by atoms with Crippen LogP contribution in [0.15, 0.2) is 53.9 Å². The van der Waals surface area contributed by atoms with Gasteiger partial charge in [0.1, 0.15) is 5.75 Å². The van der Waals surface area contributed by atoms with Crippen LogP contribution in [0, 0.1) is 0 Å². The number of rotatable bonds is 8. The number of nitrogens with one attached hydrogen (secondary N) is 1. The summed E-state index contributed by atoms with van der Waals surface area (Å²) < 4.78 is 5.68. The normalized spacial score (nSPS) is 11.2. The third kappa shape index (κ3) is 5.50. The lowest BCUT2D eigenvalue weighted by molar-refractivity contribution is 0.0954. The van der Waals surface area contributed by atoms with Crippen LogP contribution in [-0.2, 0) is 0 Å². The molecule has 0 aliphatic rings. The Balaban J connectivity index is 1.89. The summed E-state index contributed by atoms with van der Waals surface area (Å²) in [6.07, 6.45) is 6.56. The molecule has 1 heterocycles. The first-order valence-corrected chi connectivity index (χ1v) is 8.18. The van der Waals surface area contributed by atoms with Crippen molar-refractivity contribution in [2.24, 2.45) is 5.10 Å². The molecule has 1 aromatic carbocycles. The quantitative estimate of drug-likeness (QED) is 0.456. The number of ether oxygens (including phenoxy) is 1. The second kappa shape index (κ2) is 9.45. The highest BCUT2D eigenvalue weighted by Crippen LogP contribution is 2.13. The molecule has 0 aliphatic heterocycles. The predicted octanol–water partition coefficient (Wildman–Crippen LogP) is 3.80. The van der Waals surface area contributed by atoms with E-state index in [1.807, 2.05) is 31.2 Å². The van der Waals surface area contributed by atoms with Crippen LogP contribution in [0.4, 0.5) is 0 Å². The van der Waals surface area contributed by atoms with E-state index < -0.39 is 0 Å². The SMILES string of the molecule is CCCCCOc1ccc(/C(C)=N\NC(=O)c2cccnc2)cc1. The number of aromatic nitrogens is 1. The molecule has 1 aromatic heterocycles. The predicted molar refractivity (Wildman–Crippen MR) is 95.4 cm³/mol. The Kier molecular flexibility index (Phi) is 6.95. The van der Waals surface area contributed by atoms with Crippen molar-refractivity contribution in [3.63, 3.8) is 0 Å². The van der Waals surface area contributed by atoms with Gasteiger partial charge in [0.05, 0.1) is 17.9 Å². The molecule has 0 saturated heterocycles. The monoisotopic (exact) mass is 325 g/mol. The highest BCUT2D eigenvalue weighted by Gasteiger charge is 2.04. The zero-order chi connectivity index (χ0) is 17.2. The van der Waals surface area contributed by atoms with Gasteiger partial charge in [-0.25, -0.2) is 5.43 Å². The Bertz CT molecular complexity index is 667. The van der Waals surface area contributed by atoms with Crippen molar-refractivity contribution in [3.8, 4) is 5.75 Å². The molecule has 0 unspecified atom stereocenters. The molecule has 0 aliphatic carbocycles. The summed E-state index contributed by atoms with van der Waals surface area (Å²) in [5.41, 5.74) is 4.67. The van der Waals surface area contributed by atoms with Gasteiger partial charge in [-0.05, 0) is 55.3 Å². The van der Waals surface area contributed by atoms with Gasteiger partial charge in [0.2, 0.25) is 0 Å². The fraction of sp³-hybridized carbons (Fsp3) is 0.316. The molecule has 1 amide bonds. The van der Waals surface area contributed by atoms with E-state index in [0.29, 0.717) is 5.56 Å². The molecule has 0 fully saturated rings. The van der Waals surface area contributed by atoms with E-state index in [9.17, 15) is 4.79 Å². The lowest BCUT2D eigenvalue weighted by atomic mass is 10.1. The third-order valence-electron chi connectivity index (χ3n) is 3.54. The number of benzene rings is 1. The molecule has 5 nitrogen and oxygen atoms in total. The molecular formula is C19H23N3O2. The summed E-state index contributed by atoms with van der Waals surface area (Å²) in [5, 5.41) is 4.14. The van der Waals surface area contributed by atoms with Crippen molar-refractivity contribution in [1.82, 2.24) is 10.4 Å². The summed E-state index contributed by atoms with van der Waals surface area (Å²) in [5.74, 6) is 0.570. The molecule has 0 atom stereocenters. The topological polar surface area (TPSA) is 63.6 Å². The van der Waals surface area contributed by atoms with Gasteiger partial charge in [0, 0.05) is 12.4 Å². The van der Waals surface area contributed by atoms with Gasteiger partial charge in [0.25, 0.3) is 5.91 Å². The number of carbonyl (C=O) groups is 1. The molecule has 0 spiro atoms. The number of hydrogen-bond acceptors (Lipinski definition) is 4. The number of pyridine rings is 1. The van der Waals surface area contributed by atoms with E-state index in [-0.39, 0.29) is 5.91 Å². The van der Waals surface area contributed by atoms with Crippen molar-refractivity contribution in [3.05, 3.63) is 59.9 Å². The van der Waals surface area contributed by atoms with E-state index in [4.69, 9.17) is 4.74 Å². The molecule has 0 saturated carbocycles. The summed E-state index contributed by atoms with van der Waals surface area (Å²) in [6, 6.07) is 11.1. The lowest BCUT2D eigenvalue weighted by Gasteiger charge is -2.07. The minimum absolute atomic E-state index is 0.279. The van der Waals surface area contributed by atoms with E-state index >= 15 is 0 Å². The number of hydrazone groups is 1. The fourth-order valence-corrected chi connectivity index (χ4v) is 2.10. The van der Waals surface area contributed by atoms with Gasteiger partial charge in [0.15, 0.2) is 0 Å². The minimum atomic E-state index is -0.279. The van der Waals surface area contributed by atoms with Gasteiger partial charge < -0.3 is 4.74 Å². The van der Waals surface area contributed by atoms with Gasteiger partial charge in [-0.1, -0.05) is 19.8 Å². The van der Waals surface area contributed by atoms with Crippen LogP contribution in [0.5, 0.6) is 5.75 Å². The highest BCUT2D eigenvalue weighted by atomic mass is 16.5. The molecule has 0 bridgehead atoms. The van der Waals surface area contributed by atoms with Gasteiger partial charge in [-0.15, -0.1) is 0 Å². The number of nitrogens with zero attached hydrogens (tertiary/aromatic N) is 2. The van der Waals surface area contributed by atoms with E-state index in [2.05, 4.69) is 22.4 Å². The van der Waals surface area contributed by atoms with Gasteiger partial charge in [-0.3, -0.25) is 9.78 Å². The number of unbranched alkanes of at least 4 members (excludes halogenated alkanes) is 2. The summed E-state index contributed by atoms with van der Waals surface area (Å²) in [7, 11) is 0. The first-order valence-electron chi connectivity index (χ1n) is 8.18. The third-order valence-corrected chi connectivity index (χ3v) is 3.54. The Hall–Kier alpha value is -2.69. The van der Waals surface area contributed by atoms with Crippen molar-refractivity contribution >= 4 is 11.6 Å². The second-order valence-electron chi connectivity index (χ2n) is 5.46. The van der Waals surface area contributed by atoms with E-state index in [0.717, 1.165) is 30.1 Å². The first kappa shape index (κ1) is 17.7. The molecule has 0 radical (unpaired) electrons. The highest BCUT2D eigenvalue weighted by molar-refractivity contribution is 6.00. The summed E-state index contributed by atoms with van der Waals surface area (Å²) >= 11 is 0. The van der Waals surface area contributed by atoms with Crippen LogP contribution in [0.2, 0.25) is 0 Å². The maximum atomic E-state index is 11.9. The number of carbonyl (C=O) groups excluding carboxylic acids is 1. The van der Waals surface area contributed by atoms with Crippen molar-refractivity contribution < 1.29 is 9.53 Å². The molecule has 2 rings (SSSR count). The molecule has 5 heteroatoms. The van der Waals surface area contributed by atoms with Gasteiger partial charge in [-0.2, -0.15) is 5.10 Å². The summed E-state index contributed by atoms with van der Waals surface area (Å²) in [6.45, 7) is 4.76. The maximum absolute atomic E-state index is 11.9. The Morgan fingerprint density at radius 1 is 1.17 bits per heavy atom. The van der Waals surface area contributed by atoms with Crippen molar-refractivity contribution in [1.29, 1.82) is 0 Å². The molecule has 126 valence electrons. The Morgan fingerprint density at radius 3 is 2.62 bits per heavy atom. The van der Waals surface area contributed by atoms with Crippen LogP contribution in [0.25, 0.3) is 0 Å². The Labute approximate surface area is 142 Å². The van der Waals surface area contributed by atoms with Crippen LogP contribution in [0.3, 0.4) is 0 Å². The summed E-state index contributed by atoms with van der Waals surface area (Å²) in [4.78, 5) is 15.8. The molecule has 2 aromatic rings. The molecule has 1 N–H and O–H groups in total. The lowest BCUT2D eigenvalue weighted by Crippen LogP contribution is -2.19. The van der Waals surface area contributed by atoms with E-state index in [1.165, 1.54) is 19.0 Å². The molecule has 24 heavy (non-hydrogen) atoms. The standard InChI is InChI=1S/C19H23N3O2/c1-3-4-5-13-24-18-10-8-16(9-11-18)15(2)21-22-19(23)17-7-6-12-20-14-17/h6-12,14H,3-5,13H2,1-2H3,(H,22,23)/b21-15-. The smallest absolute Gasteiger partial charge is 0.272 e. The van der Waals surface area contributed by atoms with Crippen LogP contribution in [-0.4, -0.2) is 23.2 Å². The van der Waals surface area contributed by atoms with Crippen molar-refractivity contribution in [2.75, 3.05) is 6.61 Å². The average molecular weight is 325 g/mol. The largest absolute Gasteiger partial charge is 0.494 e. The minimum Gasteiger partial charge on any atom is -0.494 e. The zero-order valence-corrected chi connectivity index (χ0v) is 14.2. The van der Waals surface area contributed by atoms with Crippen LogP contribution in [0.1, 0.15) is 49.0 Å². The van der Waals surface area contributed by atoms with Gasteiger partial charge >= 0.3 is 0 Å². The van der Waals surface area contributed by atoms with Crippen LogP contribution < -0.4 is 10.2 Å². The zero-order valence-electron chi connectivity index (χ0n) is 14.2. The first-order chi connectivity index (χ1) is 11.7. The molecular weight excluding hydrogens is 302 g/mol. The van der Waals surface area contributed by atoms with Crippen LogP contribution >= 0.6 is 0 Å².